The van der Waals surface area contributed by atoms with Crippen LogP contribution in [0.2, 0.25) is 0 Å². The van der Waals surface area contributed by atoms with Gasteiger partial charge in [-0.25, -0.2) is 0 Å². The van der Waals surface area contributed by atoms with Crippen LogP contribution in [0.1, 0.15) is 27.0 Å². The Morgan fingerprint density at radius 3 is 2.73 bits per heavy atom. The Labute approximate surface area is 86.8 Å². The molecular formula is C11H9NO3. The zero-order valence-electron chi connectivity index (χ0n) is 8.15. The molecule has 0 spiro atoms. The Hall–Kier alpha value is -2.15. The lowest BCUT2D eigenvalue weighted by Crippen LogP contribution is -2.04. The van der Waals surface area contributed by atoms with Crippen molar-refractivity contribution in [3.8, 4) is 6.07 Å². The number of carboxylic acids is 1. The topological polar surface area (TPSA) is 78.2 Å². The number of carboxylic acid groups (broad SMARTS) is 1. The molecule has 15 heavy (non-hydrogen) atoms. The first kappa shape index (κ1) is 10.9. The summed E-state index contributed by atoms with van der Waals surface area (Å²) in [6, 6.07) is 4.88. The molecule has 0 aliphatic heterocycles. The van der Waals surface area contributed by atoms with Gasteiger partial charge in [0, 0.05) is 5.56 Å². The van der Waals surface area contributed by atoms with Crippen LogP contribution < -0.4 is 0 Å². The second-order valence-electron chi connectivity index (χ2n) is 3.15. The summed E-state index contributed by atoms with van der Waals surface area (Å²) >= 11 is 0. The van der Waals surface area contributed by atoms with Gasteiger partial charge >= 0.3 is 5.97 Å². The second kappa shape index (κ2) is 4.38. The minimum Gasteiger partial charge on any atom is -0.481 e. The molecule has 0 bridgehead atoms. The molecule has 1 aromatic carbocycles. The number of carbonyl (C=O) groups excluding carboxylic acids is 1. The third kappa shape index (κ3) is 2.41. The molecule has 1 N–H and O–H groups in total. The molecule has 0 aliphatic carbocycles. The number of hydrogen-bond acceptors (Lipinski definition) is 3. The van der Waals surface area contributed by atoms with Gasteiger partial charge < -0.3 is 5.11 Å². The molecule has 0 atom stereocenters. The molecule has 1 aromatic rings. The zero-order chi connectivity index (χ0) is 11.4. The third-order valence-corrected chi connectivity index (χ3v) is 2.14. The van der Waals surface area contributed by atoms with Gasteiger partial charge in [-0.2, -0.15) is 5.26 Å². The van der Waals surface area contributed by atoms with E-state index in [9.17, 15) is 9.59 Å². The van der Waals surface area contributed by atoms with Crippen LogP contribution in [0.3, 0.4) is 0 Å². The Morgan fingerprint density at radius 2 is 2.27 bits per heavy atom. The number of hydrogen-bond donors (Lipinski definition) is 1. The fourth-order valence-corrected chi connectivity index (χ4v) is 1.33. The number of carbonyl (C=O) groups is 2. The maximum atomic E-state index is 10.6. The fraction of sp³-hybridized carbons (Fsp3) is 0.182. The molecule has 76 valence electrons. The number of aliphatic carboxylic acids is 1. The lowest BCUT2D eigenvalue weighted by atomic mass is 9.98. The van der Waals surface area contributed by atoms with Gasteiger partial charge in [0.15, 0.2) is 0 Å². The molecule has 0 aliphatic rings. The first-order chi connectivity index (χ1) is 7.08. The number of rotatable bonds is 3. The Morgan fingerprint density at radius 1 is 1.60 bits per heavy atom. The van der Waals surface area contributed by atoms with Gasteiger partial charge in [-0.1, -0.05) is 0 Å². The van der Waals surface area contributed by atoms with E-state index in [1.807, 2.05) is 6.07 Å². The van der Waals surface area contributed by atoms with E-state index in [2.05, 4.69) is 0 Å². The van der Waals surface area contributed by atoms with Crippen molar-refractivity contribution in [3.05, 3.63) is 34.4 Å². The molecule has 0 radical (unpaired) electrons. The van der Waals surface area contributed by atoms with Crippen LogP contribution in [0.4, 0.5) is 0 Å². The highest BCUT2D eigenvalue weighted by Gasteiger charge is 2.09. The van der Waals surface area contributed by atoms with Gasteiger partial charge in [-0.15, -0.1) is 0 Å². The summed E-state index contributed by atoms with van der Waals surface area (Å²) in [7, 11) is 0. The largest absolute Gasteiger partial charge is 0.481 e. The SMILES string of the molecule is Cc1c(C#N)cc(C=O)cc1CC(=O)O. The molecule has 0 aromatic heterocycles. The first-order valence-electron chi connectivity index (χ1n) is 4.29. The Balaban J connectivity index is 3.31. The zero-order valence-corrected chi connectivity index (χ0v) is 8.15. The predicted molar refractivity (Wildman–Crippen MR) is 52.6 cm³/mol. The first-order valence-corrected chi connectivity index (χ1v) is 4.29. The quantitative estimate of drug-likeness (QED) is 0.751. The van der Waals surface area contributed by atoms with Crippen LogP contribution in [-0.2, 0) is 11.2 Å². The molecule has 0 fully saturated rings. The summed E-state index contributed by atoms with van der Waals surface area (Å²) in [6.07, 6.45) is 0.424. The molecule has 4 nitrogen and oxygen atoms in total. The normalized spacial score (nSPS) is 9.33. The summed E-state index contributed by atoms with van der Waals surface area (Å²) in [4.78, 5) is 21.1. The van der Waals surface area contributed by atoms with Crippen molar-refractivity contribution in [1.29, 1.82) is 5.26 Å². The van der Waals surface area contributed by atoms with Gasteiger partial charge in [0.1, 0.15) is 6.29 Å². The number of benzene rings is 1. The van der Waals surface area contributed by atoms with Crippen LogP contribution >= 0.6 is 0 Å². The van der Waals surface area contributed by atoms with E-state index in [0.717, 1.165) is 0 Å². The van der Waals surface area contributed by atoms with E-state index in [1.165, 1.54) is 12.1 Å². The van der Waals surface area contributed by atoms with Crippen molar-refractivity contribution in [2.75, 3.05) is 0 Å². The van der Waals surface area contributed by atoms with Crippen LogP contribution in [0.15, 0.2) is 12.1 Å². The molecular weight excluding hydrogens is 194 g/mol. The fourth-order valence-electron chi connectivity index (χ4n) is 1.33. The molecule has 0 saturated heterocycles. The number of aldehydes is 1. The smallest absolute Gasteiger partial charge is 0.307 e. The highest BCUT2D eigenvalue weighted by atomic mass is 16.4. The summed E-state index contributed by atoms with van der Waals surface area (Å²) in [5.41, 5.74) is 1.79. The average molecular weight is 203 g/mol. The van der Waals surface area contributed by atoms with E-state index in [1.54, 1.807) is 6.92 Å². The van der Waals surface area contributed by atoms with Crippen LogP contribution in [0.5, 0.6) is 0 Å². The van der Waals surface area contributed by atoms with Gasteiger partial charge in [0.25, 0.3) is 0 Å². The molecule has 4 heteroatoms. The molecule has 0 saturated carbocycles. The van der Waals surface area contributed by atoms with Crippen molar-refractivity contribution in [2.24, 2.45) is 0 Å². The maximum absolute atomic E-state index is 10.6. The van der Waals surface area contributed by atoms with E-state index in [0.29, 0.717) is 28.5 Å². The Kier molecular flexibility index (Phi) is 3.19. The van der Waals surface area contributed by atoms with E-state index >= 15 is 0 Å². The number of nitrogens with zero attached hydrogens (tertiary/aromatic N) is 1. The highest BCUT2D eigenvalue weighted by Crippen LogP contribution is 2.16. The monoisotopic (exact) mass is 203 g/mol. The van der Waals surface area contributed by atoms with E-state index in [-0.39, 0.29) is 6.42 Å². The molecule has 0 unspecified atom stereocenters. The van der Waals surface area contributed by atoms with Crippen molar-refractivity contribution in [1.82, 2.24) is 0 Å². The third-order valence-electron chi connectivity index (χ3n) is 2.14. The average Bonchev–Trinajstić information content (AvgIpc) is 2.20. The van der Waals surface area contributed by atoms with Crippen molar-refractivity contribution >= 4 is 12.3 Å². The predicted octanol–water partition coefficient (Wildman–Crippen LogP) is 1.31. The molecule has 0 heterocycles. The standard InChI is InChI=1S/C11H9NO3/c1-7-9(4-11(14)15)2-8(6-13)3-10(7)5-12/h2-3,6H,4H2,1H3,(H,14,15). The lowest BCUT2D eigenvalue weighted by molar-refractivity contribution is -0.136. The van der Waals surface area contributed by atoms with E-state index in [4.69, 9.17) is 10.4 Å². The Bertz CT molecular complexity index is 458. The summed E-state index contributed by atoms with van der Waals surface area (Å²) in [6.45, 7) is 1.67. The minimum atomic E-state index is -0.981. The van der Waals surface area contributed by atoms with Crippen molar-refractivity contribution in [3.63, 3.8) is 0 Å². The van der Waals surface area contributed by atoms with Crippen LogP contribution in [-0.4, -0.2) is 17.4 Å². The van der Waals surface area contributed by atoms with Gasteiger partial charge in [-0.05, 0) is 30.2 Å². The lowest BCUT2D eigenvalue weighted by Gasteiger charge is -2.05. The summed E-state index contributed by atoms with van der Waals surface area (Å²) in [5, 5.41) is 17.4. The van der Waals surface area contributed by atoms with Crippen LogP contribution in [0.25, 0.3) is 0 Å². The summed E-state index contributed by atoms with van der Waals surface area (Å²) < 4.78 is 0. The number of nitriles is 1. The van der Waals surface area contributed by atoms with E-state index < -0.39 is 5.97 Å². The van der Waals surface area contributed by atoms with Crippen LogP contribution in [0, 0.1) is 18.3 Å². The molecule has 1 rings (SSSR count). The van der Waals surface area contributed by atoms with Gasteiger partial charge in [0.2, 0.25) is 0 Å². The maximum Gasteiger partial charge on any atom is 0.307 e. The molecule has 0 amide bonds. The van der Waals surface area contributed by atoms with Crippen molar-refractivity contribution < 1.29 is 14.7 Å². The highest BCUT2D eigenvalue weighted by molar-refractivity contribution is 5.78. The second-order valence-corrected chi connectivity index (χ2v) is 3.15. The van der Waals surface area contributed by atoms with Crippen molar-refractivity contribution in [2.45, 2.75) is 13.3 Å². The van der Waals surface area contributed by atoms with Gasteiger partial charge in [-0.3, -0.25) is 9.59 Å². The van der Waals surface area contributed by atoms with Gasteiger partial charge in [0.05, 0.1) is 18.1 Å². The minimum absolute atomic E-state index is 0.178. The summed E-state index contributed by atoms with van der Waals surface area (Å²) in [5.74, 6) is -0.981.